The van der Waals surface area contributed by atoms with Crippen LogP contribution >= 0.6 is 11.6 Å². The van der Waals surface area contributed by atoms with Crippen LogP contribution < -0.4 is 5.32 Å². The second kappa shape index (κ2) is 9.71. The Labute approximate surface area is 221 Å². The van der Waals surface area contributed by atoms with E-state index in [-0.39, 0.29) is 16.7 Å². The quantitative estimate of drug-likeness (QED) is 0.419. The maximum Gasteiger partial charge on any atom is 0.155 e. The molecule has 198 valence electrons. The first kappa shape index (κ1) is 26.2. The van der Waals surface area contributed by atoms with Crippen LogP contribution in [-0.4, -0.2) is 42.5 Å². The number of carbonyl (C=O) groups excluding carboxylic acids is 1. The lowest BCUT2D eigenvalue weighted by Crippen LogP contribution is -2.58. The van der Waals surface area contributed by atoms with Gasteiger partial charge in [-0.1, -0.05) is 18.5 Å². The summed E-state index contributed by atoms with van der Waals surface area (Å²) in [5.41, 5.74) is 0.821. The fraction of sp³-hybridized carbons (Fsp3) is 0.733. The van der Waals surface area contributed by atoms with Crippen molar-refractivity contribution >= 4 is 23.1 Å². The van der Waals surface area contributed by atoms with Crippen molar-refractivity contribution in [2.45, 2.75) is 77.2 Å². The molecule has 0 spiro atoms. The largest absolute Gasteiger partial charge is 0.390 e. The van der Waals surface area contributed by atoms with Gasteiger partial charge in [0.2, 0.25) is 0 Å². The Balaban J connectivity index is 1.28. The minimum atomic E-state index is -0.542. The maximum atomic E-state index is 13.5. The predicted molar refractivity (Wildman–Crippen MR) is 144 cm³/mol. The summed E-state index contributed by atoms with van der Waals surface area (Å²) in [6, 6.07) is 0. The molecule has 5 rings (SSSR count). The van der Waals surface area contributed by atoms with Crippen molar-refractivity contribution in [1.82, 2.24) is 5.32 Å². The van der Waals surface area contributed by atoms with Gasteiger partial charge in [0.05, 0.1) is 24.5 Å². The van der Waals surface area contributed by atoms with Crippen LogP contribution in [-0.2, 0) is 9.53 Å². The molecule has 0 radical (unpaired) electrons. The molecule has 0 saturated heterocycles. The molecule has 8 atom stereocenters. The highest BCUT2D eigenvalue weighted by molar-refractivity contribution is 6.34. The second-order valence-electron chi connectivity index (χ2n) is 12.9. The first-order chi connectivity index (χ1) is 17.1. The highest BCUT2D eigenvalue weighted by atomic mass is 35.5. The lowest BCUT2D eigenvalue weighted by molar-refractivity contribution is -0.175. The topological polar surface area (TPSA) is 82.4 Å². The highest BCUT2D eigenvalue weighted by Crippen LogP contribution is 2.68. The molecule has 0 heterocycles. The van der Waals surface area contributed by atoms with Gasteiger partial charge in [-0.2, -0.15) is 0 Å². The van der Waals surface area contributed by atoms with Crippen LogP contribution in [0.5, 0.6) is 0 Å². The molecule has 36 heavy (non-hydrogen) atoms. The molecule has 4 fully saturated rings. The van der Waals surface area contributed by atoms with E-state index in [9.17, 15) is 9.90 Å². The van der Waals surface area contributed by atoms with E-state index < -0.39 is 5.60 Å². The Morgan fingerprint density at radius 1 is 1.17 bits per heavy atom. The van der Waals surface area contributed by atoms with Crippen LogP contribution in [0.4, 0.5) is 0 Å². The fourth-order valence-corrected chi connectivity index (χ4v) is 9.52. The van der Waals surface area contributed by atoms with Crippen molar-refractivity contribution in [2.24, 2.45) is 40.4 Å². The van der Waals surface area contributed by atoms with E-state index in [4.69, 9.17) is 21.7 Å². The molecule has 5 aliphatic carbocycles. The number of hydrogen-bond acceptors (Lipinski definition) is 5. The Hall–Kier alpha value is -1.43. The zero-order valence-corrected chi connectivity index (χ0v) is 22.9. The molecule has 0 aliphatic heterocycles. The third kappa shape index (κ3) is 4.43. The molecule has 3 N–H and O–H groups in total. The summed E-state index contributed by atoms with van der Waals surface area (Å²) >= 11 is 5.97. The molecule has 0 aromatic carbocycles. The number of Topliss-reactive ketones (excluding diaryl/α,β-unsaturated/α-hetero) is 1. The number of methoxy groups -OCH3 is 1. The van der Waals surface area contributed by atoms with Gasteiger partial charge in [0, 0.05) is 29.8 Å². The van der Waals surface area contributed by atoms with Crippen LogP contribution in [0.3, 0.4) is 0 Å². The van der Waals surface area contributed by atoms with Gasteiger partial charge in [0.25, 0.3) is 0 Å². The molecular weight excluding hydrogens is 472 g/mol. The first-order valence-corrected chi connectivity index (χ1v) is 14.3. The van der Waals surface area contributed by atoms with Crippen molar-refractivity contribution in [3.8, 4) is 0 Å². The van der Waals surface area contributed by atoms with Gasteiger partial charge in [-0.25, -0.2) is 0 Å². The lowest BCUT2D eigenvalue weighted by atomic mass is 9.43. The van der Waals surface area contributed by atoms with Gasteiger partial charge in [-0.3, -0.25) is 4.79 Å². The summed E-state index contributed by atoms with van der Waals surface area (Å²) in [6.07, 6.45) is 16.7. The Bertz CT molecular complexity index is 1000. The summed E-state index contributed by atoms with van der Waals surface area (Å²) in [4.78, 5) is 13.5. The van der Waals surface area contributed by atoms with E-state index in [1.54, 1.807) is 18.4 Å². The number of ether oxygens (including phenoxy) is 1. The smallest absolute Gasteiger partial charge is 0.155 e. The third-order valence-electron chi connectivity index (χ3n) is 11.0. The number of nitrogens with one attached hydrogen (secondary N) is 2. The normalized spacial score (nSPS) is 45.0. The first-order valence-electron chi connectivity index (χ1n) is 13.9. The lowest BCUT2D eigenvalue weighted by Gasteiger charge is -2.62. The highest BCUT2D eigenvalue weighted by Gasteiger charge is 2.63. The fourth-order valence-electron chi connectivity index (χ4n) is 9.35. The Morgan fingerprint density at radius 2 is 1.97 bits per heavy atom. The number of halogens is 1. The minimum Gasteiger partial charge on any atom is -0.390 e. The van der Waals surface area contributed by atoms with E-state index in [0.717, 1.165) is 50.7 Å². The number of carbonyl (C=O) groups is 1. The number of rotatable bonds is 6. The van der Waals surface area contributed by atoms with Gasteiger partial charge in [0.15, 0.2) is 5.78 Å². The standard InChI is InChI=1S/C30H43ClN2O3/c1-28(35)12-13-30(18-36-3)20(15-28)5-7-22-23-8-9-25(29(23,2)11-10-24(22)30)27(34)17-33-16-19-4-6-21(31)14-26(19)32/h4,6,14,16,20,22-25,32-33,35H,5,7-13,15,17-18H2,1-3H3/b19-16-,32-26?/t20-,22-,23-,24-,25+,28+,29-,30+/m0/s1. The van der Waals surface area contributed by atoms with Crippen molar-refractivity contribution < 1.29 is 14.6 Å². The van der Waals surface area contributed by atoms with Gasteiger partial charge < -0.3 is 20.6 Å². The zero-order chi connectivity index (χ0) is 25.7. The zero-order valence-electron chi connectivity index (χ0n) is 22.1. The van der Waals surface area contributed by atoms with E-state index >= 15 is 0 Å². The molecule has 0 aromatic rings. The number of aliphatic hydroxyl groups is 1. The monoisotopic (exact) mass is 514 g/mol. The van der Waals surface area contributed by atoms with E-state index in [1.807, 2.05) is 20.1 Å². The number of ketones is 1. The van der Waals surface area contributed by atoms with Crippen LogP contribution in [0, 0.1) is 45.8 Å². The predicted octanol–water partition coefficient (Wildman–Crippen LogP) is 5.78. The van der Waals surface area contributed by atoms with Crippen molar-refractivity contribution in [3.05, 3.63) is 35.0 Å². The third-order valence-corrected chi connectivity index (χ3v) is 11.2. The Kier molecular flexibility index (Phi) is 7.06. The molecule has 0 bridgehead atoms. The van der Waals surface area contributed by atoms with Crippen molar-refractivity contribution in [2.75, 3.05) is 20.3 Å². The molecule has 0 unspecified atom stereocenters. The number of hydrogen-bond donors (Lipinski definition) is 3. The summed E-state index contributed by atoms with van der Waals surface area (Å²) in [7, 11) is 1.84. The van der Waals surface area contributed by atoms with Gasteiger partial charge >= 0.3 is 0 Å². The van der Waals surface area contributed by atoms with Crippen molar-refractivity contribution in [3.63, 3.8) is 0 Å². The molecular formula is C30H43ClN2O3. The number of allylic oxidation sites excluding steroid dienone is 5. The minimum absolute atomic E-state index is 0.0715. The molecule has 6 heteroatoms. The van der Waals surface area contributed by atoms with E-state index in [0.29, 0.717) is 46.7 Å². The molecule has 0 amide bonds. The Morgan fingerprint density at radius 3 is 2.72 bits per heavy atom. The van der Waals surface area contributed by atoms with Crippen molar-refractivity contribution in [1.29, 1.82) is 5.41 Å². The molecule has 0 aromatic heterocycles. The summed E-state index contributed by atoms with van der Waals surface area (Å²) in [5.74, 6) is 2.86. The number of fused-ring (bicyclic) bond motifs is 5. The van der Waals surface area contributed by atoms with E-state index in [1.165, 1.54) is 19.3 Å². The average molecular weight is 515 g/mol. The molecule has 4 saturated carbocycles. The van der Waals surface area contributed by atoms with Crippen LogP contribution in [0.1, 0.15) is 71.6 Å². The summed E-state index contributed by atoms with van der Waals surface area (Å²) in [5, 5.41) is 22.7. The van der Waals surface area contributed by atoms with Gasteiger partial charge in [0.1, 0.15) is 0 Å². The summed E-state index contributed by atoms with van der Waals surface area (Å²) in [6.45, 7) is 5.54. The average Bonchev–Trinajstić information content (AvgIpc) is 3.18. The van der Waals surface area contributed by atoms with Crippen LogP contribution in [0.25, 0.3) is 0 Å². The maximum absolute atomic E-state index is 13.5. The molecule has 5 aliphatic rings. The van der Waals surface area contributed by atoms with Crippen LogP contribution in [0.2, 0.25) is 0 Å². The van der Waals surface area contributed by atoms with E-state index in [2.05, 4.69) is 12.2 Å². The van der Waals surface area contributed by atoms with Gasteiger partial charge in [-0.15, -0.1) is 0 Å². The van der Waals surface area contributed by atoms with Crippen LogP contribution in [0.15, 0.2) is 35.0 Å². The summed E-state index contributed by atoms with van der Waals surface area (Å²) < 4.78 is 5.88. The SMILES string of the molecule is COC[C@]12CC[C@@](C)(O)C[C@@H]1CC[C@H]1[C@@H]3CC[C@H](C(=O)CN/C=C4/C=CC(Cl)=CC4=N)[C@@]3(C)CC[C@@H]12. The molecule has 5 nitrogen and oxygen atoms in total. The van der Waals surface area contributed by atoms with Gasteiger partial charge in [-0.05, 0) is 117 Å². The second-order valence-corrected chi connectivity index (χ2v) is 13.4.